The van der Waals surface area contributed by atoms with Crippen molar-refractivity contribution in [2.75, 3.05) is 26.2 Å². The van der Waals surface area contributed by atoms with E-state index in [4.69, 9.17) is 0 Å². The van der Waals surface area contributed by atoms with Gasteiger partial charge in [0.1, 0.15) is 5.82 Å². The third kappa shape index (κ3) is 3.79. The van der Waals surface area contributed by atoms with Gasteiger partial charge in [-0.2, -0.15) is 0 Å². The van der Waals surface area contributed by atoms with E-state index in [1.165, 1.54) is 25.9 Å². The van der Waals surface area contributed by atoms with E-state index >= 15 is 0 Å². The highest BCUT2D eigenvalue weighted by Crippen LogP contribution is 2.09. The highest BCUT2D eigenvalue weighted by molar-refractivity contribution is 5.23. The minimum absolute atomic E-state index is 0.108. The average molecular weight is 236 g/mol. The molecular formula is C14H21FN2. The molecule has 1 N–H and O–H groups in total. The van der Waals surface area contributed by atoms with E-state index in [1.807, 2.05) is 12.1 Å². The first kappa shape index (κ1) is 12.5. The second-order valence-electron chi connectivity index (χ2n) is 4.81. The summed E-state index contributed by atoms with van der Waals surface area (Å²) in [6.45, 7) is 7.11. The number of hydrogen-bond donors (Lipinski definition) is 1. The van der Waals surface area contributed by atoms with Gasteiger partial charge in [0.05, 0.1) is 0 Å². The van der Waals surface area contributed by atoms with Crippen LogP contribution in [0.15, 0.2) is 18.2 Å². The zero-order chi connectivity index (χ0) is 12.1. The standard InChI is InChI=1S/C14H21FN2/c1-12-4-5-13(10-14(12)15)11-16-6-9-17-7-2-3-8-17/h4-5,10,16H,2-3,6-9,11H2,1H3. The van der Waals surface area contributed by atoms with Crippen molar-refractivity contribution in [1.82, 2.24) is 10.2 Å². The molecule has 0 unspecified atom stereocenters. The highest BCUT2D eigenvalue weighted by atomic mass is 19.1. The van der Waals surface area contributed by atoms with Crippen LogP contribution in [0.2, 0.25) is 0 Å². The van der Waals surface area contributed by atoms with Gasteiger partial charge in [-0.15, -0.1) is 0 Å². The van der Waals surface area contributed by atoms with Crippen molar-refractivity contribution in [1.29, 1.82) is 0 Å². The molecule has 0 bridgehead atoms. The Morgan fingerprint density at radius 1 is 1.29 bits per heavy atom. The summed E-state index contributed by atoms with van der Waals surface area (Å²) in [6.07, 6.45) is 2.67. The van der Waals surface area contributed by atoms with E-state index in [9.17, 15) is 4.39 Å². The van der Waals surface area contributed by atoms with Crippen LogP contribution in [0.4, 0.5) is 4.39 Å². The van der Waals surface area contributed by atoms with Crippen molar-refractivity contribution < 1.29 is 4.39 Å². The molecule has 1 aliphatic heterocycles. The summed E-state index contributed by atoms with van der Waals surface area (Å²) in [7, 11) is 0. The third-order valence-corrected chi connectivity index (χ3v) is 3.37. The normalized spacial score (nSPS) is 16.6. The van der Waals surface area contributed by atoms with Gasteiger partial charge in [0.25, 0.3) is 0 Å². The molecule has 1 heterocycles. The van der Waals surface area contributed by atoms with Gasteiger partial charge >= 0.3 is 0 Å². The lowest BCUT2D eigenvalue weighted by atomic mass is 10.1. The predicted molar refractivity (Wildman–Crippen MR) is 68.5 cm³/mol. The molecule has 0 amide bonds. The summed E-state index contributed by atoms with van der Waals surface area (Å²) in [5.74, 6) is -0.108. The Labute approximate surface area is 103 Å². The lowest BCUT2D eigenvalue weighted by Crippen LogP contribution is -2.29. The number of benzene rings is 1. The zero-order valence-electron chi connectivity index (χ0n) is 10.5. The van der Waals surface area contributed by atoms with Gasteiger partial charge in [-0.25, -0.2) is 4.39 Å². The lowest BCUT2D eigenvalue weighted by molar-refractivity contribution is 0.335. The number of halogens is 1. The van der Waals surface area contributed by atoms with Crippen LogP contribution in [0.3, 0.4) is 0 Å². The number of likely N-dealkylation sites (tertiary alicyclic amines) is 1. The topological polar surface area (TPSA) is 15.3 Å². The van der Waals surface area contributed by atoms with Gasteiger partial charge in [0.2, 0.25) is 0 Å². The molecule has 3 heteroatoms. The Kier molecular flexibility index (Phi) is 4.51. The van der Waals surface area contributed by atoms with E-state index < -0.39 is 0 Å². The van der Waals surface area contributed by atoms with Gasteiger partial charge in [0, 0.05) is 19.6 Å². The molecule has 94 valence electrons. The van der Waals surface area contributed by atoms with Crippen molar-refractivity contribution in [3.05, 3.63) is 35.1 Å². The molecule has 1 fully saturated rings. The number of nitrogens with one attached hydrogen (secondary N) is 1. The first-order valence-electron chi connectivity index (χ1n) is 6.44. The van der Waals surface area contributed by atoms with Crippen LogP contribution in [0.5, 0.6) is 0 Å². The molecular weight excluding hydrogens is 215 g/mol. The Balaban J connectivity index is 1.68. The van der Waals surface area contributed by atoms with E-state index in [-0.39, 0.29) is 5.82 Å². The molecule has 0 spiro atoms. The monoisotopic (exact) mass is 236 g/mol. The SMILES string of the molecule is Cc1ccc(CNCCN2CCCC2)cc1F. The van der Waals surface area contributed by atoms with Crippen molar-refractivity contribution >= 4 is 0 Å². The summed E-state index contributed by atoms with van der Waals surface area (Å²) >= 11 is 0. The molecule has 2 nitrogen and oxygen atoms in total. The van der Waals surface area contributed by atoms with E-state index in [0.717, 1.165) is 25.2 Å². The van der Waals surface area contributed by atoms with Crippen molar-refractivity contribution in [2.45, 2.75) is 26.3 Å². The molecule has 1 aromatic carbocycles. The van der Waals surface area contributed by atoms with Gasteiger partial charge in [0.15, 0.2) is 0 Å². The fourth-order valence-electron chi connectivity index (χ4n) is 2.22. The van der Waals surface area contributed by atoms with Crippen LogP contribution < -0.4 is 5.32 Å². The second-order valence-corrected chi connectivity index (χ2v) is 4.81. The maximum absolute atomic E-state index is 13.3. The summed E-state index contributed by atoms with van der Waals surface area (Å²) in [6, 6.07) is 5.45. The summed E-state index contributed by atoms with van der Waals surface area (Å²) in [4.78, 5) is 2.47. The average Bonchev–Trinajstić information content (AvgIpc) is 2.82. The van der Waals surface area contributed by atoms with Crippen LogP contribution in [0, 0.1) is 12.7 Å². The van der Waals surface area contributed by atoms with E-state index in [1.54, 1.807) is 13.0 Å². The fraction of sp³-hybridized carbons (Fsp3) is 0.571. The highest BCUT2D eigenvalue weighted by Gasteiger charge is 2.09. The first-order valence-corrected chi connectivity index (χ1v) is 6.44. The summed E-state index contributed by atoms with van der Waals surface area (Å²) in [5.41, 5.74) is 1.74. The molecule has 17 heavy (non-hydrogen) atoms. The number of rotatable bonds is 5. The molecule has 0 aliphatic carbocycles. The predicted octanol–water partition coefficient (Wildman–Crippen LogP) is 2.32. The van der Waals surface area contributed by atoms with Crippen LogP contribution >= 0.6 is 0 Å². The van der Waals surface area contributed by atoms with Crippen molar-refractivity contribution in [2.24, 2.45) is 0 Å². The number of aryl methyl sites for hydroxylation is 1. The van der Waals surface area contributed by atoms with E-state index in [2.05, 4.69) is 10.2 Å². The Bertz CT molecular complexity index is 359. The number of nitrogens with zero attached hydrogens (tertiary/aromatic N) is 1. The van der Waals surface area contributed by atoms with Crippen LogP contribution in [0.25, 0.3) is 0 Å². The molecule has 0 atom stereocenters. The molecule has 0 radical (unpaired) electrons. The number of hydrogen-bond acceptors (Lipinski definition) is 2. The smallest absolute Gasteiger partial charge is 0.126 e. The van der Waals surface area contributed by atoms with Crippen LogP contribution in [-0.4, -0.2) is 31.1 Å². The lowest BCUT2D eigenvalue weighted by Gasteiger charge is -2.14. The van der Waals surface area contributed by atoms with Crippen LogP contribution in [-0.2, 0) is 6.54 Å². The van der Waals surface area contributed by atoms with Crippen molar-refractivity contribution in [3.63, 3.8) is 0 Å². The molecule has 1 aromatic rings. The quantitative estimate of drug-likeness (QED) is 0.789. The van der Waals surface area contributed by atoms with Crippen LogP contribution in [0.1, 0.15) is 24.0 Å². The second kappa shape index (κ2) is 6.12. The Morgan fingerprint density at radius 3 is 2.76 bits per heavy atom. The zero-order valence-corrected chi connectivity index (χ0v) is 10.5. The first-order chi connectivity index (χ1) is 8.25. The molecule has 1 aliphatic rings. The maximum atomic E-state index is 13.3. The van der Waals surface area contributed by atoms with Gasteiger partial charge < -0.3 is 10.2 Å². The fourth-order valence-corrected chi connectivity index (χ4v) is 2.22. The molecule has 0 aromatic heterocycles. The van der Waals surface area contributed by atoms with Gasteiger partial charge in [-0.05, 0) is 50.0 Å². The minimum atomic E-state index is -0.108. The summed E-state index contributed by atoms with van der Waals surface area (Å²) < 4.78 is 13.3. The molecule has 0 saturated carbocycles. The Morgan fingerprint density at radius 2 is 2.06 bits per heavy atom. The minimum Gasteiger partial charge on any atom is -0.311 e. The molecule has 1 saturated heterocycles. The van der Waals surface area contributed by atoms with E-state index in [0.29, 0.717) is 5.56 Å². The summed E-state index contributed by atoms with van der Waals surface area (Å²) in [5, 5.41) is 3.37. The van der Waals surface area contributed by atoms with Crippen molar-refractivity contribution in [3.8, 4) is 0 Å². The van der Waals surface area contributed by atoms with Gasteiger partial charge in [-0.1, -0.05) is 12.1 Å². The molecule has 2 rings (SSSR count). The largest absolute Gasteiger partial charge is 0.311 e. The third-order valence-electron chi connectivity index (χ3n) is 3.37. The Hall–Kier alpha value is -0.930. The van der Waals surface area contributed by atoms with Gasteiger partial charge in [-0.3, -0.25) is 0 Å². The maximum Gasteiger partial charge on any atom is 0.126 e.